The number of carbonyl (C=O) groups excluding carboxylic acids is 1. The lowest BCUT2D eigenvalue weighted by atomic mass is 10.1. The third-order valence-electron chi connectivity index (χ3n) is 3.57. The Morgan fingerprint density at radius 1 is 1.17 bits per heavy atom. The number of aromatic carboxylic acids is 1. The van der Waals surface area contributed by atoms with Gasteiger partial charge in [-0.1, -0.05) is 17.7 Å². The molecule has 0 bridgehead atoms. The number of rotatable bonds is 3. The maximum absolute atomic E-state index is 12.5. The monoisotopic (exact) mass is 343 g/mol. The molecule has 6 nitrogen and oxygen atoms in total. The lowest BCUT2D eigenvalue weighted by Gasteiger charge is -2.14. The number of thiophene rings is 1. The number of carboxylic acids is 1. The molecule has 1 amide bonds. The molecule has 3 aromatic rings. The molecule has 1 N–H and O–H groups in total. The summed E-state index contributed by atoms with van der Waals surface area (Å²) in [6.45, 7) is 1.94. The standard InChI is InChI=1S/C17H13NO5S/c1-9-3-5-10(6-4-9)15(19)18(2)14-8-12-13(24-14)7-11(16(20)21)17(22)23-12/h3-8H,1-2H3,(H,20,21). The Hall–Kier alpha value is -2.93. The zero-order valence-electron chi connectivity index (χ0n) is 12.9. The number of hydrogen-bond donors (Lipinski definition) is 1. The molecule has 0 aliphatic heterocycles. The molecule has 0 radical (unpaired) electrons. The zero-order chi connectivity index (χ0) is 17.4. The Labute approximate surface area is 140 Å². The van der Waals surface area contributed by atoms with Crippen LogP contribution >= 0.6 is 11.3 Å². The average Bonchev–Trinajstić information content (AvgIpc) is 2.96. The van der Waals surface area contributed by atoms with E-state index in [1.54, 1.807) is 25.2 Å². The Kier molecular flexibility index (Phi) is 3.94. The molecule has 0 unspecified atom stereocenters. The summed E-state index contributed by atoms with van der Waals surface area (Å²) in [5.74, 6) is -1.55. The molecular weight excluding hydrogens is 330 g/mol. The van der Waals surface area contributed by atoms with Crippen LogP contribution in [0.5, 0.6) is 0 Å². The van der Waals surface area contributed by atoms with Gasteiger partial charge in [0.05, 0.1) is 4.70 Å². The number of nitrogens with zero attached hydrogens (tertiary/aromatic N) is 1. The fraction of sp³-hybridized carbons (Fsp3) is 0.118. The van der Waals surface area contributed by atoms with E-state index in [0.29, 0.717) is 15.3 Å². The van der Waals surface area contributed by atoms with E-state index in [-0.39, 0.29) is 11.5 Å². The molecule has 24 heavy (non-hydrogen) atoms. The molecule has 1 aromatic carbocycles. The highest BCUT2D eigenvalue weighted by Crippen LogP contribution is 2.32. The third-order valence-corrected chi connectivity index (χ3v) is 4.71. The van der Waals surface area contributed by atoms with Crippen LogP contribution in [-0.4, -0.2) is 24.0 Å². The second-order valence-electron chi connectivity index (χ2n) is 5.30. The topological polar surface area (TPSA) is 87.8 Å². The van der Waals surface area contributed by atoms with Gasteiger partial charge in [0, 0.05) is 18.7 Å². The van der Waals surface area contributed by atoms with Crippen molar-refractivity contribution >= 4 is 38.5 Å². The number of hydrogen-bond acceptors (Lipinski definition) is 5. The maximum Gasteiger partial charge on any atom is 0.351 e. The number of anilines is 1. The van der Waals surface area contributed by atoms with Crippen molar-refractivity contribution in [3.05, 3.63) is 63.5 Å². The van der Waals surface area contributed by atoms with Crippen molar-refractivity contribution in [2.45, 2.75) is 6.92 Å². The van der Waals surface area contributed by atoms with Crippen LogP contribution in [0.3, 0.4) is 0 Å². The minimum absolute atomic E-state index is 0.206. The van der Waals surface area contributed by atoms with Crippen LogP contribution in [0.2, 0.25) is 0 Å². The second kappa shape index (κ2) is 5.93. The Morgan fingerprint density at radius 3 is 2.46 bits per heavy atom. The summed E-state index contributed by atoms with van der Waals surface area (Å²) in [6, 6.07) is 10.0. The van der Waals surface area contributed by atoms with Gasteiger partial charge in [0.1, 0.15) is 10.6 Å². The van der Waals surface area contributed by atoms with Crippen molar-refractivity contribution < 1.29 is 19.1 Å². The molecule has 7 heteroatoms. The molecule has 3 rings (SSSR count). The highest BCUT2D eigenvalue weighted by atomic mass is 32.1. The van der Waals surface area contributed by atoms with Crippen LogP contribution in [0.25, 0.3) is 10.3 Å². The van der Waals surface area contributed by atoms with Gasteiger partial charge >= 0.3 is 11.6 Å². The van der Waals surface area contributed by atoms with Crippen molar-refractivity contribution in [3.8, 4) is 0 Å². The predicted octanol–water partition coefficient (Wildman–Crippen LogP) is 3.14. The summed E-state index contributed by atoms with van der Waals surface area (Å²) in [4.78, 5) is 36.6. The van der Waals surface area contributed by atoms with E-state index in [4.69, 9.17) is 9.52 Å². The first-order chi connectivity index (χ1) is 11.4. The van der Waals surface area contributed by atoms with E-state index >= 15 is 0 Å². The summed E-state index contributed by atoms with van der Waals surface area (Å²) >= 11 is 1.18. The van der Waals surface area contributed by atoms with Crippen molar-refractivity contribution in [2.24, 2.45) is 0 Å². The smallest absolute Gasteiger partial charge is 0.351 e. The Bertz CT molecular complexity index is 1000. The average molecular weight is 343 g/mol. The van der Waals surface area contributed by atoms with E-state index in [0.717, 1.165) is 5.56 Å². The van der Waals surface area contributed by atoms with Gasteiger partial charge in [0.2, 0.25) is 0 Å². The van der Waals surface area contributed by atoms with E-state index in [1.807, 2.05) is 19.1 Å². The molecule has 122 valence electrons. The molecule has 0 aliphatic carbocycles. The molecule has 0 aliphatic rings. The van der Waals surface area contributed by atoms with Crippen molar-refractivity contribution in [1.82, 2.24) is 0 Å². The maximum atomic E-state index is 12.5. The number of benzene rings is 1. The summed E-state index contributed by atoms with van der Waals surface area (Å²) < 4.78 is 5.51. The second-order valence-corrected chi connectivity index (χ2v) is 6.36. The number of aryl methyl sites for hydroxylation is 1. The molecule has 0 atom stereocenters. The summed E-state index contributed by atoms with van der Waals surface area (Å²) in [5, 5.41) is 9.54. The summed E-state index contributed by atoms with van der Waals surface area (Å²) in [7, 11) is 1.61. The van der Waals surface area contributed by atoms with E-state index in [9.17, 15) is 14.4 Å². The van der Waals surface area contributed by atoms with E-state index in [2.05, 4.69) is 0 Å². The van der Waals surface area contributed by atoms with Gasteiger partial charge in [-0.05, 0) is 25.1 Å². The lowest BCUT2D eigenvalue weighted by Crippen LogP contribution is -2.25. The quantitative estimate of drug-likeness (QED) is 0.789. The highest BCUT2D eigenvalue weighted by Gasteiger charge is 2.19. The van der Waals surface area contributed by atoms with Crippen LogP contribution in [-0.2, 0) is 0 Å². The highest BCUT2D eigenvalue weighted by molar-refractivity contribution is 7.22. The molecule has 2 heterocycles. The van der Waals surface area contributed by atoms with Crippen LogP contribution in [0.4, 0.5) is 5.00 Å². The van der Waals surface area contributed by atoms with Crippen LogP contribution in [0, 0.1) is 6.92 Å². The molecule has 0 saturated carbocycles. The van der Waals surface area contributed by atoms with Gasteiger partial charge in [-0.2, -0.15) is 0 Å². The number of fused-ring (bicyclic) bond motifs is 1. The Morgan fingerprint density at radius 2 is 1.83 bits per heavy atom. The normalized spacial score (nSPS) is 10.8. The van der Waals surface area contributed by atoms with Crippen LogP contribution in [0.1, 0.15) is 26.3 Å². The number of amides is 1. The number of carboxylic acid groups (broad SMARTS) is 1. The molecule has 2 aromatic heterocycles. The van der Waals surface area contributed by atoms with Crippen LogP contribution < -0.4 is 10.5 Å². The number of carbonyl (C=O) groups is 2. The zero-order valence-corrected chi connectivity index (χ0v) is 13.7. The fourth-order valence-corrected chi connectivity index (χ4v) is 3.19. The minimum atomic E-state index is -1.34. The first kappa shape index (κ1) is 15.9. The molecule has 0 fully saturated rings. The minimum Gasteiger partial charge on any atom is -0.477 e. The van der Waals surface area contributed by atoms with Gasteiger partial charge in [-0.25, -0.2) is 9.59 Å². The van der Waals surface area contributed by atoms with Gasteiger partial charge in [0.15, 0.2) is 5.58 Å². The van der Waals surface area contributed by atoms with Crippen molar-refractivity contribution in [1.29, 1.82) is 0 Å². The van der Waals surface area contributed by atoms with E-state index in [1.165, 1.54) is 22.3 Å². The summed E-state index contributed by atoms with van der Waals surface area (Å²) in [5.41, 5.74) is 0.510. The largest absolute Gasteiger partial charge is 0.477 e. The van der Waals surface area contributed by atoms with Crippen LogP contribution in [0.15, 0.2) is 45.6 Å². The van der Waals surface area contributed by atoms with E-state index < -0.39 is 17.2 Å². The first-order valence-electron chi connectivity index (χ1n) is 7.02. The van der Waals surface area contributed by atoms with Crippen molar-refractivity contribution in [2.75, 3.05) is 11.9 Å². The van der Waals surface area contributed by atoms with Gasteiger partial charge < -0.3 is 14.4 Å². The SMILES string of the molecule is Cc1ccc(C(=O)N(C)c2cc3oc(=O)c(C(=O)O)cc3s2)cc1. The van der Waals surface area contributed by atoms with Gasteiger partial charge in [-0.15, -0.1) is 11.3 Å². The molecule has 0 saturated heterocycles. The molecular formula is C17H13NO5S. The lowest BCUT2D eigenvalue weighted by molar-refractivity contribution is 0.0692. The predicted molar refractivity (Wildman–Crippen MR) is 91.2 cm³/mol. The molecule has 0 spiro atoms. The van der Waals surface area contributed by atoms with Crippen molar-refractivity contribution in [3.63, 3.8) is 0 Å². The fourth-order valence-electron chi connectivity index (χ4n) is 2.21. The Balaban J connectivity index is 1.99. The van der Waals surface area contributed by atoms with Gasteiger partial charge in [0.25, 0.3) is 5.91 Å². The van der Waals surface area contributed by atoms with Gasteiger partial charge in [-0.3, -0.25) is 4.79 Å². The summed E-state index contributed by atoms with van der Waals surface area (Å²) in [6.07, 6.45) is 0. The third kappa shape index (κ3) is 2.81. The first-order valence-corrected chi connectivity index (χ1v) is 7.84.